The van der Waals surface area contributed by atoms with Crippen LogP contribution in [0.3, 0.4) is 0 Å². The van der Waals surface area contributed by atoms with E-state index in [-0.39, 0.29) is 11.1 Å². The Bertz CT molecular complexity index is 659. The minimum Gasteiger partial charge on any atom is -0.295 e. The molecule has 0 amide bonds. The second kappa shape index (κ2) is 5.71. The highest BCUT2D eigenvalue weighted by molar-refractivity contribution is 9.10. The minimum atomic E-state index is -0.0194. The van der Waals surface area contributed by atoms with Crippen LogP contribution in [0.15, 0.2) is 21.4 Å². The number of alkyl halides is 1. The molecule has 0 fully saturated rings. The Hall–Kier alpha value is -0.740. The van der Waals surface area contributed by atoms with Crippen molar-refractivity contribution < 1.29 is 0 Å². The standard InChI is InChI=1S/C14H18BrClN2O/c1-4-5-6-11(16)9-7-12-13(8-10(9)15)18(3)14(19)17(12)2/h7-8,11H,4-6H2,1-3H3. The fraction of sp³-hybridized carbons (Fsp3) is 0.500. The van der Waals surface area contributed by atoms with Crippen LogP contribution in [0, 0.1) is 0 Å². The Labute approximate surface area is 126 Å². The molecular weight excluding hydrogens is 328 g/mol. The highest BCUT2D eigenvalue weighted by atomic mass is 79.9. The molecule has 1 aromatic carbocycles. The van der Waals surface area contributed by atoms with Crippen LogP contribution in [-0.2, 0) is 14.1 Å². The lowest BCUT2D eigenvalue weighted by Gasteiger charge is -2.12. The fourth-order valence-corrected chi connectivity index (χ4v) is 3.39. The SMILES string of the molecule is CCCCC(Cl)c1cc2c(cc1Br)n(C)c(=O)n2C. The van der Waals surface area contributed by atoms with Gasteiger partial charge in [-0.3, -0.25) is 9.13 Å². The molecular formula is C14H18BrClN2O. The third-order valence-corrected chi connectivity index (χ3v) is 4.68. The minimum absolute atomic E-state index is 0.0151. The highest BCUT2D eigenvalue weighted by Crippen LogP contribution is 2.34. The third kappa shape index (κ3) is 2.61. The van der Waals surface area contributed by atoms with Crippen molar-refractivity contribution in [3.05, 3.63) is 32.7 Å². The van der Waals surface area contributed by atoms with E-state index in [1.54, 1.807) is 23.2 Å². The summed E-state index contributed by atoms with van der Waals surface area (Å²) in [5.41, 5.74) is 2.89. The lowest BCUT2D eigenvalue weighted by atomic mass is 10.1. The number of rotatable bonds is 4. The van der Waals surface area contributed by atoms with Gasteiger partial charge in [-0.2, -0.15) is 0 Å². The number of aromatic nitrogens is 2. The topological polar surface area (TPSA) is 26.9 Å². The number of imidazole rings is 1. The molecule has 0 bridgehead atoms. The van der Waals surface area contributed by atoms with Crippen molar-refractivity contribution >= 4 is 38.6 Å². The van der Waals surface area contributed by atoms with E-state index >= 15 is 0 Å². The van der Waals surface area contributed by atoms with E-state index in [1.807, 2.05) is 12.1 Å². The summed E-state index contributed by atoms with van der Waals surface area (Å²) in [5.74, 6) is 0. The van der Waals surface area contributed by atoms with Gasteiger partial charge >= 0.3 is 5.69 Å². The molecule has 5 heteroatoms. The summed E-state index contributed by atoms with van der Waals surface area (Å²) in [6.07, 6.45) is 3.18. The van der Waals surface area contributed by atoms with Crippen LogP contribution in [0.4, 0.5) is 0 Å². The first-order chi connectivity index (χ1) is 8.97. The van der Waals surface area contributed by atoms with Crippen molar-refractivity contribution in [1.29, 1.82) is 0 Å². The van der Waals surface area contributed by atoms with Gasteiger partial charge in [-0.15, -0.1) is 11.6 Å². The van der Waals surface area contributed by atoms with Gasteiger partial charge in [0.2, 0.25) is 0 Å². The molecule has 0 saturated carbocycles. The summed E-state index contributed by atoms with van der Waals surface area (Å²) >= 11 is 10.0. The predicted molar refractivity (Wildman–Crippen MR) is 84.0 cm³/mol. The number of hydrogen-bond donors (Lipinski definition) is 0. The summed E-state index contributed by atoms with van der Waals surface area (Å²) in [4.78, 5) is 11.9. The molecule has 0 aliphatic carbocycles. The Kier molecular flexibility index (Phi) is 4.41. The van der Waals surface area contributed by atoms with Crippen molar-refractivity contribution in [2.45, 2.75) is 31.6 Å². The Morgan fingerprint density at radius 1 is 1.26 bits per heavy atom. The van der Waals surface area contributed by atoms with Gasteiger partial charge in [0.1, 0.15) is 0 Å². The zero-order valence-electron chi connectivity index (χ0n) is 11.4. The first-order valence-electron chi connectivity index (χ1n) is 6.46. The lowest BCUT2D eigenvalue weighted by Crippen LogP contribution is -2.19. The van der Waals surface area contributed by atoms with Crippen LogP contribution in [0.5, 0.6) is 0 Å². The summed E-state index contributed by atoms with van der Waals surface area (Å²) < 4.78 is 4.28. The molecule has 3 nitrogen and oxygen atoms in total. The summed E-state index contributed by atoms with van der Waals surface area (Å²) in [5, 5.41) is -0.0194. The van der Waals surface area contributed by atoms with Gasteiger partial charge in [0.15, 0.2) is 0 Å². The van der Waals surface area contributed by atoms with E-state index in [1.165, 1.54) is 0 Å². The maximum atomic E-state index is 11.9. The van der Waals surface area contributed by atoms with Gasteiger partial charge in [0.05, 0.1) is 16.4 Å². The van der Waals surface area contributed by atoms with Crippen LogP contribution in [0.2, 0.25) is 0 Å². The van der Waals surface area contributed by atoms with Crippen LogP contribution < -0.4 is 5.69 Å². The van der Waals surface area contributed by atoms with Gasteiger partial charge < -0.3 is 0 Å². The Balaban J connectivity index is 2.55. The van der Waals surface area contributed by atoms with Crippen molar-refractivity contribution in [3.8, 4) is 0 Å². The monoisotopic (exact) mass is 344 g/mol. The predicted octanol–water partition coefficient (Wildman–Crippen LogP) is 4.11. The molecule has 1 heterocycles. The average Bonchev–Trinajstić information content (AvgIpc) is 2.60. The molecule has 0 saturated heterocycles. The molecule has 104 valence electrons. The van der Waals surface area contributed by atoms with Gasteiger partial charge in [-0.1, -0.05) is 35.7 Å². The lowest BCUT2D eigenvalue weighted by molar-refractivity contribution is 0.699. The summed E-state index contributed by atoms with van der Waals surface area (Å²) in [7, 11) is 3.57. The first-order valence-corrected chi connectivity index (χ1v) is 7.69. The van der Waals surface area contributed by atoms with Crippen LogP contribution in [0.1, 0.15) is 37.1 Å². The second-order valence-corrected chi connectivity index (χ2v) is 6.25. The molecule has 0 spiro atoms. The number of hydrogen-bond acceptors (Lipinski definition) is 1. The van der Waals surface area contributed by atoms with Gasteiger partial charge in [0.25, 0.3) is 0 Å². The molecule has 1 atom stereocenters. The van der Waals surface area contributed by atoms with E-state index in [9.17, 15) is 4.79 Å². The number of benzene rings is 1. The normalized spacial score (nSPS) is 13.1. The highest BCUT2D eigenvalue weighted by Gasteiger charge is 2.16. The third-order valence-electron chi connectivity index (χ3n) is 3.54. The number of unbranched alkanes of at least 4 members (excludes halogenated alkanes) is 1. The van der Waals surface area contributed by atoms with Gasteiger partial charge in [-0.25, -0.2) is 4.79 Å². The van der Waals surface area contributed by atoms with Gasteiger partial charge in [0, 0.05) is 18.6 Å². The van der Waals surface area contributed by atoms with E-state index in [4.69, 9.17) is 11.6 Å². The molecule has 1 unspecified atom stereocenters. The smallest absolute Gasteiger partial charge is 0.295 e. The van der Waals surface area contributed by atoms with E-state index in [0.29, 0.717) is 0 Å². The van der Waals surface area contributed by atoms with Crippen LogP contribution in [0.25, 0.3) is 11.0 Å². The zero-order valence-corrected chi connectivity index (χ0v) is 13.8. The Morgan fingerprint density at radius 2 is 1.84 bits per heavy atom. The van der Waals surface area contributed by atoms with Crippen molar-refractivity contribution in [1.82, 2.24) is 9.13 Å². The maximum absolute atomic E-state index is 11.9. The van der Waals surface area contributed by atoms with Crippen molar-refractivity contribution in [2.75, 3.05) is 0 Å². The van der Waals surface area contributed by atoms with Crippen LogP contribution in [-0.4, -0.2) is 9.13 Å². The molecule has 2 rings (SSSR count). The Morgan fingerprint density at radius 3 is 2.42 bits per heavy atom. The number of halogens is 2. The second-order valence-electron chi connectivity index (χ2n) is 4.87. The number of aryl methyl sites for hydroxylation is 2. The molecule has 19 heavy (non-hydrogen) atoms. The molecule has 0 radical (unpaired) electrons. The van der Waals surface area contributed by atoms with Crippen LogP contribution >= 0.6 is 27.5 Å². The number of fused-ring (bicyclic) bond motifs is 1. The molecule has 2 aromatic rings. The van der Waals surface area contributed by atoms with Crippen molar-refractivity contribution in [2.24, 2.45) is 14.1 Å². The molecule has 0 aliphatic rings. The first kappa shape index (κ1) is 14.7. The van der Waals surface area contributed by atoms with E-state index in [2.05, 4.69) is 22.9 Å². The largest absolute Gasteiger partial charge is 0.328 e. The van der Waals surface area contributed by atoms with Gasteiger partial charge in [-0.05, 0) is 24.1 Å². The molecule has 0 N–H and O–H groups in total. The fourth-order valence-electron chi connectivity index (χ4n) is 2.31. The quantitative estimate of drug-likeness (QED) is 0.766. The summed E-state index contributed by atoms with van der Waals surface area (Å²) in [6, 6.07) is 4.00. The molecule has 0 aliphatic heterocycles. The zero-order chi connectivity index (χ0) is 14.2. The van der Waals surface area contributed by atoms with E-state index in [0.717, 1.165) is 40.3 Å². The number of nitrogens with zero attached hydrogens (tertiary/aromatic N) is 2. The average molecular weight is 346 g/mol. The molecule has 1 aromatic heterocycles. The van der Waals surface area contributed by atoms with E-state index < -0.39 is 0 Å². The maximum Gasteiger partial charge on any atom is 0.328 e. The van der Waals surface area contributed by atoms with Crippen molar-refractivity contribution in [3.63, 3.8) is 0 Å². The summed E-state index contributed by atoms with van der Waals surface area (Å²) in [6.45, 7) is 2.16.